The lowest BCUT2D eigenvalue weighted by atomic mass is 10.0. The van der Waals surface area contributed by atoms with Gasteiger partial charge in [0.05, 0.1) is 20.3 Å². The van der Waals surface area contributed by atoms with E-state index in [9.17, 15) is 4.79 Å². The van der Waals surface area contributed by atoms with Crippen molar-refractivity contribution in [1.29, 1.82) is 0 Å². The molecule has 0 aliphatic carbocycles. The summed E-state index contributed by atoms with van der Waals surface area (Å²) in [6.07, 6.45) is 0.749. The first-order valence-corrected chi connectivity index (χ1v) is 8.09. The molecular weight excluding hydrogens is 340 g/mol. The Kier molecular flexibility index (Phi) is 7.25. The Bertz CT molecular complexity index is 688. The Balaban J connectivity index is 0.00000225. The third-order valence-electron chi connectivity index (χ3n) is 4.02. The number of amides is 1. The molecule has 2 aromatic rings. The van der Waals surface area contributed by atoms with Gasteiger partial charge in [0.25, 0.3) is 0 Å². The van der Waals surface area contributed by atoms with Crippen LogP contribution in [0.2, 0.25) is 0 Å². The van der Waals surface area contributed by atoms with Gasteiger partial charge in [-0.2, -0.15) is 0 Å². The average Bonchev–Trinajstić information content (AvgIpc) is 2.63. The summed E-state index contributed by atoms with van der Waals surface area (Å²) >= 11 is 0. The molecule has 5 nitrogen and oxygen atoms in total. The van der Waals surface area contributed by atoms with Gasteiger partial charge in [0, 0.05) is 24.2 Å². The smallest absolute Gasteiger partial charge is 0.243 e. The van der Waals surface area contributed by atoms with Gasteiger partial charge in [0.15, 0.2) is 0 Å². The van der Waals surface area contributed by atoms with Crippen LogP contribution in [0.5, 0.6) is 5.75 Å². The number of carbonyl (C=O) groups is 1. The zero-order valence-corrected chi connectivity index (χ0v) is 15.0. The number of rotatable bonds is 5. The van der Waals surface area contributed by atoms with Crippen molar-refractivity contribution in [3.05, 3.63) is 59.7 Å². The van der Waals surface area contributed by atoms with E-state index in [1.807, 2.05) is 36.4 Å². The van der Waals surface area contributed by atoms with Gasteiger partial charge in [-0.05, 0) is 23.8 Å². The van der Waals surface area contributed by atoms with Gasteiger partial charge in [0.1, 0.15) is 11.8 Å². The molecule has 6 heteroatoms. The molecule has 2 N–H and O–H groups in total. The van der Waals surface area contributed by atoms with Crippen molar-refractivity contribution >= 4 is 24.0 Å². The summed E-state index contributed by atoms with van der Waals surface area (Å²) in [5, 5.41) is 6.11. The highest BCUT2D eigenvalue weighted by Crippen LogP contribution is 2.25. The molecule has 1 aliphatic heterocycles. The van der Waals surface area contributed by atoms with E-state index in [0.29, 0.717) is 19.8 Å². The van der Waals surface area contributed by atoms with E-state index < -0.39 is 0 Å². The Hall–Kier alpha value is -2.08. The van der Waals surface area contributed by atoms with Crippen molar-refractivity contribution in [3.8, 4) is 5.75 Å². The molecule has 1 atom stereocenters. The van der Waals surface area contributed by atoms with Crippen LogP contribution in [-0.2, 0) is 16.0 Å². The fraction of sp³-hybridized carbons (Fsp3) is 0.316. The molecule has 3 rings (SSSR count). The zero-order chi connectivity index (χ0) is 16.8. The second-order valence-electron chi connectivity index (χ2n) is 5.76. The summed E-state index contributed by atoms with van der Waals surface area (Å²) in [4.78, 5) is 12.3. The number of halogens is 1. The molecule has 134 valence electrons. The number of morpholine rings is 1. The van der Waals surface area contributed by atoms with Crippen molar-refractivity contribution in [2.24, 2.45) is 0 Å². The number of methoxy groups -OCH3 is 1. The second kappa shape index (κ2) is 9.42. The van der Waals surface area contributed by atoms with Crippen molar-refractivity contribution in [1.82, 2.24) is 5.32 Å². The van der Waals surface area contributed by atoms with Crippen LogP contribution in [0.1, 0.15) is 11.1 Å². The molecule has 0 spiro atoms. The molecule has 1 unspecified atom stereocenters. The Morgan fingerprint density at radius 1 is 1.28 bits per heavy atom. The number of ether oxygens (including phenoxy) is 2. The zero-order valence-electron chi connectivity index (χ0n) is 14.2. The molecule has 1 fully saturated rings. The van der Waals surface area contributed by atoms with Crippen LogP contribution in [0.4, 0.5) is 5.69 Å². The van der Waals surface area contributed by atoms with Crippen molar-refractivity contribution in [2.45, 2.75) is 12.5 Å². The second-order valence-corrected chi connectivity index (χ2v) is 5.76. The fourth-order valence-electron chi connectivity index (χ4n) is 2.77. The van der Waals surface area contributed by atoms with Crippen LogP contribution in [0.15, 0.2) is 48.5 Å². The summed E-state index contributed by atoms with van der Waals surface area (Å²) < 4.78 is 10.8. The third kappa shape index (κ3) is 5.19. The lowest BCUT2D eigenvalue weighted by molar-refractivity contribution is -0.120. The molecule has 0 radical (unpaired) electrons. The number of carbonyl (C=O) groups excluding carboxylic acids is 1. The highest BCUT2D eigenvalue weighted by Gasteiger charge is 2.21. The first-order valence-electron chi connectivity index (χ1n) is 8.09. The Morgan fingerprint density at radius 3 is 2.76 bits per heavy atom. The number of hydrogen-bond donors (Lipinski definition) is 2. The van der Waals surface area contributed by atoms with Crippen LogP contribution in [0.3, 0.4) is 0 Å². The van der Waals surface area contributed by atoms with E-state index in [4.69, 9.17) is 9.47 Å². The molecule has 0 saturated carbocycles. The molecule has 1 amide bonds. The van der Waals surface area contributed by atoms with Crippen molar-refractivity contribution in [3.63, 3.8) is 0 Å². The largest absolute Gasteiger partial charge is 0.496 e. The maximum absolute atomic E-state index is 12.3. The monoisotopic (exact) mass is 362 g/mol. The van der Waals surface area contributed by atoms with Gasteiger partial charge >= 0.3 is 0 Å². The van der Waals surface area contributed by atoms with E-state index in [1.165, 1.54) is 5.56 Å². The highest BCUT2D eigenvalue weighted by atomic mass is 35.5. The quantitative estimate of drug-likeness (QED) is 0.858. The Morgan fingerprint density at radius 2 is 2.08 bits per heavy atom. The summed E-state index contributed by atoms with van der Waals surface area (Å²) in [5.74, 6) is 0.738. The van der Waals surface area contributed by atoms with Gasteiger partial charge in [-0.1, -0.05) is 30.3 Å². The topological polar surface area (TPSA) is 59.6 Å². The number of nitrogens with one attached hydrogen (secondary N) is 2. The fourth-order valence-corrected chi connectivity index (χ4v) is 2.77. The minimum Gasteiger partial charge on any atom is -0.496 e. The number of hydrogen-bond acceptors (Lipinski definition) is 4. The SMILES string of the molecule is COc1ccc(NC(=O)C2COCCN2)cc1Cc1ccccc1.Cl. The minimum absolute atomic E-state index is 0. The van der Waals surface area contributed by atoms with Crippen LogP contribution >= 0.6 is 12.4 Å². The van der Waals surface area contributed by atoms with E-state index in [-0.39, 0.29) is 24.4 Å². The lowest BCUT2D eigenvalue weighted by Gasteiger charge is -2.23. The molecule has 0 bridgehead atoms. The Labute approximate surface area is 154 Å². The summed E-state index contributed by atoms with van der Waals surface area (Å²) in [6, 6.07) is 15.6. The van der Waals surface area contributed by atoms with Crippen molar-refractivity contribution in [2.75, 3.05) is 32.2 Å². The van der Waals surface area contributed by atoms with Crippen LogP contribution < -0.4 is 15.4 Å². The lowest BCUT2D eigenvalue weighted by Crippen LogP contribution is -2.48. The van der Waals surface area contributed by atoms with E-state index in [0.717, 1.165) is 23.4 Å². The van der Waals surface area contributed by atoms with E-state index in [1.54, 1.807) is 7.11 Å². The molecule has 1 saturated heterocycles. The molecule has 0 aromatic heterocycles. The molecule has 1 heterocycles. The first kappa shape index (κ1) is 19.2. The molecule has 2 aromatic carbocycles. The van der Waals surface area contributed by atoms with Gasteiger partial charge in [0.2, 0.25) is 5.91 Å². The molecular formula is C19H23ClN2O3. The standard InChI is InChI=1S/C19H22N2O3.ClH/c1-23-18-8-7-16(21-19(22)17-13-24-10-9-20-17)12-15(18)11-14-5-3-2-4-6-14;/h2-8,12,17,20H,9-11,13H2,1H3,(H,21,22);1H. The summed E-state index contributed by atoms with van der Waals surface area (Å²) in [6.45, 7) is 1.74. The predicted molar refractivity (Wildman–Crippen MR) is 101 cm³/mol. The first-order chi connectivity index (χ1) is 11.8. The van der Waals surface area contributed by atoms with E-state index >= 15 is 0 Å². The summed E-state index contributed by atoms with van der Waals surface area (Å²) in [5.41, 5.74) is 3.00. The van der Waals surface area contributed by atoms with Crippen molar-refractivity contribution < 1.29 is 14.3 Å². The van der Waals surface area contributed by atoms with Gasteiger partial charge in [-0.3, -0.25) is 4.79 Å². The van der Waals surface area contributed by atoms with Crippen LogP contribution in [0.25, 0.3) is 0 Å². The van der Waals surface area contributed by atoms with Gasteiger partial charge in [-0.25, -0.2) is 0 Å². The third-order valence-corrected chi connectivity index (χ3v) is 4.02. The van der Waals surface area contributed by atoms with Gasteiger partial charge < -0.3 is 20.1 Å². The van der Waals surface area contributed by atoms with Crippen LogP contribution in [0, 0.1) is 0 Å². The molecule has 1 aliphatic rings. The van der Waals surface area contributed by atoms with E-state index in [2.05, 4.69) is 22.8 Å². The highest BCUT2D eigenvalue weighted by molar-refractivity contribution is 5.95. The average molecular weight is 363 g/mol. The normalized spacial score (nSPS) is 16.6. The maximum atomic E-state index is 12.3. The minimum atomic E-state index is -0.307. The maximum Gasteiger partial charge on any atom is 0.243 e. The van der Waals surface area contributed by atoms with Gasteiger partial charge in [-0.15, -0.1) is 12.4 Å². The number of anilines is 1. The summed E-state index contributed by atoms with van der Waals surface area (Å²) in [7, 11) is 1.66. The predicted octanol–water partition coefficient (Wildman–Crippen LogP) is 2.63. The molecule has 25 heavy (non-hydrogen) atoms. The number of benzene rings is 2. The van der Waals surface area contributed by atoms with Crippen LogP contribution in [-0.4, -0.2) is 38.8 Å².